The van der Waals surface area contributed by atoms with Crippen LogP contribution < -0.4 is 10.6 Å². The predicted molar refractivity (Wildman–Crippen MR) is 106 cm³/mol. The second-order valence-corrected chi connectivity index (χ2v) is 7.89. The summed E-state index contributed by atoms with van der Waals surface area (Å²) in [7, 11) is 0. The highest BCUT2D eigenvalue weighted by Crippen LogP contribution is 2.20. The van der Waals surface area contributed by atoms with E-state index in [1.165, 1.54) is 19.3 Å². The second-order valence-electron chi connectivity index (χ2n) is 7.89. The zero-order valence-corrected chi connectivity index (χ0v) is 16.5. The van der Waals surface area contributed by atoms with Crippen molar-refractivity contribution in [3.63, 3.8) is 0 Å². The van der Waals surface area contributed by atoms with Crippen LogP contribution in [0.1, 0.15) is 73.6 Å². The van der Waals surface area contributed by atoms with E-state index >= 15 is 0 Å². The fraction of sp³-hybridized carbons (Fsp3) is 0.571. The van der Waals surface area contributed by atoms with Gasteiger partial charge in [-0.05, 0) is 49.4 Å². The highest BCUT2D eigenvalue weighted by atomic mass is 16.5. The molecule has 1 aromatic carbocycles. The molecule has 0 unspecified atom stereocenters. The molecule has 1 amide bonds. The van der Waals surface area contributed by atoms with Gasteiger partial charge in [0.2, 0.25) is 5.89 Å². The van der Waals surface area contributed by atoms with E-state index in [4.69, 9.17) is 4.52 Å². The van der Waals surface area contributed by atoms with Crippen LogP contribution in [0.2, 0.25) is 0 Å². The Kier molecular flexibility index (Phi) is 6.48. The summed E-state index contributed by atoms with van der Waals surface area (Å²) in [6.45, 7) is 6.73. The summed E-state index contributed by atoms with van der Waals surface area (Å²) >= 11 is 0. The number of hydrogen-bond donors (Lipinski definition) is 2. The summed E-state index contributed by atoms with van der Waals surface area (Å²) in [5.41, 5.74) is 2.70. The Morgan fingerprint density at radius 1 is 1.26 bits per heavy atom. The molecule has 3 rings (SSSR count). The molecule has 0 saturated heterocycles. The molecule has 27 heavy (non-hydrogen) atoms. The van der Waals surface area contributed by atoms with E-state index < -0.39 is 0 Å². The molecule has 1 saturated carbocycles. The fourth-order valence-corrected chi connectivity index (χ4v) is 3.50. The van der Waals surface area contributed by atoms with Crippen LogP contribution in [-0.2, 0) is 13.0 Å². The molecule has 1 heterocycles. The van der Waals surface area contributed by atoms with Crippen LogP contribution >= 0.6 is 0 Å². The first-order valence-electron chi connectivity index (χ1n) is 9.98. The number of amides is 1. The number of rotatable bonds is 7. The van der Waals surface area contributed by atoms with Crippen molar-refractivity contribution in [1.82, 2.24) is 15.5 Å². The zero-order chi connectivity index (χ0) is 19.2. The first kappa shape index (κ1) is 19.4. The smallest absolute Gasteiger partial charge is 0.251 e. The van der Waals surface area contributed by atoms with Crippen molar-refractivity contribution >= 4 is 11.6 Å². The SMILES string of the molecule is Cc1cc(C(=O)NC2CCCCC2)ccc1NCc1nc(CC(C)C)no1. The van der Waals surface area contributed by atoms with Crippen LogP contribution in [0.15, 0.2) is 22.7 Å². The van der Waals surface area contributed by atoms with E-state index in [1.807, 2.05) is 25.1 Å². The maximum absolute atomic E-state index is 12.5. The van der Waals surface area contributed by atoms with Crippen LogP contribution in [0.3, 0.4) is 0 Å². The molecule has 146 valence electrons. The molecule has 1 fully saturated rings. The number of nitrogens with one attached hydrogen (secondary N) is 2. The molecule has 2 aromatic rings. The maximum atomic E-state index is 12.5. The number of carbonyl (C=O) groups is 1. The van der Waals surface area contributed by atoms with E-state index in [2.05, 4.69) is 34.6 Å². The lowest BCUT2D eigenvalue weighted by atomic mass is 9.95. The third kappa shape index (κ3) is 5.55. The summed E-state index contributed by atoms with van der Waals surface area (Å²) in [5, 5.41) is 10.5. The molecule has 0 bridgehead atoms. The largest absolute Gasteiger partial charge is 0.376 e. The van der Waals surface area contributed by atoms with Gasteiger partial charge in [0.05, 0.1) is 6.54 Å². The van der Waals surface area contributed by atoms with Crippen LogP contribution in [0.5, 0.6) is 0 Å². The normalized spacial score (nSPS) is 15.1. The third-order valence-corrected chi connectivity index (χ3v) is 4.96. The van der Waals surface area contributed by atoms with Gasteiger partial charge in [0.1, 0.15) is 0 Å². The summed E-state index contributed by atoms with van der Waals surface area (Å²) in [5.74, 6) is 1.84. The van der Waals surface area contributed by atoms with Gasteiger partial charge in [-0.2, -0.15) is 4.98 Å². The van der Waals surface area contributed by atoms with Crippen molar-refractivity contribution in [3.8, 4) is 0 Å². The summed E-state index contributed by atoms with van der Waals surface area (Å²) in [6, 6.07) is 6.06. The topological polar surface area (TPSA) is 80.0 Å². The number of benzene rings is 1. The van der Waals surface area contributed by atoms with Crippen molar-refractivity contribution in [2.24, 2.45) is 5.92 Å². The zero-order valence-electron chi connectivity index (χ0n) is 16.5. The minimum Gasteiger partial charge on any atom is -0.376 e. The second kappa shape index (κ2) is 9.02. The van der Waals surface area contributed by atoms with Gasteiger partial charge in [-0.15, -0.1) is 0 Å². The first-order valence-corrected chi connectivity index (χ1v) is 9.98. The quantitative estimate of drug-likeness (QED) is 0.761. The Morgan fingerprint density at radius 3 is 2.74 bits per heavy atom. The molecule has 0 aliphatic heterocycles. The number of anilines is 1. The van der Waals surface area contributed by atoms with E-state index in [1.54, 1.807) is 0 Å². The predicted octanol–water partition coefficient (Wildman–Crippen LogP) is 4.25. The van der Waals surface area contributed by atoms with Gasteiger partial charge < -0.3 is 15.2 Å². The average molecular weight is 370 g/mol. The highest BCUT2D eigenvalue weighted by Gasteiger charge is 2.17. The van der Waals surface area contributed by atoms with Crippen molar-refractivity contribution in [2.45, 2.75) is 71.9 Å². The minimum atomic E-state index is 0.0202. The molecular weight excluding hydrogens is 340 g/mol. The monoisotopic (exact) mass is 370 g/mol. The highest BCUT2D eigenvalue weighted by molar-refractivity contribution is 5.95. The summed E-state index contributed by atoms with van der Waals surface area (Å²) in [4.78, 5) is 16.9. The molecular formula is C21H30N4O2. The van der Waals surface area contributed by atoms with Crippen molar-refractivity contribution in [3.05, 3.63) is 41.0 Å². The van der Waals surface area contributed by atoms with Crippen LogP contribution in [0, 0.1) is 12.8 Å². The van der Waals surface area contributed by atoms with Crippen LogP contribution in [0.25, 0.3) is 0 Å². The molecule has 0 radical (unpaired) electrons. The van der Waals surface area contributed by atoms with E-state index in [0.717, 1.165) is 36.3 Å². The Balaban J connectivity index is 1.56. The van der Waals surface area contributed by atoms with Crippen molar-refractivity contribution < 1.29 is 9.32 Å². The van der Waals surface area contributed by atoms with Gasteiger partial charge >= 0.3 is 0 Å². The molecule has 1 aliphatic rings. The van der Waals surface area contributed by atoms with Gasteiger partial charge in [0, 0.05) is 23.7 Å². The average Bonchev–Trinajstić information content (AvgIpc) is 3.08. The first-order chi connectivity index (χ1) is 13.0. The number of hydrogen-bond acceptors (Lipinski definition) is 5. The Hall–Kier alpha value is -2.37. The molecule has 6 heteroatoms. The van der Waals surface area contributed by atoms with Crippen LogP contribution in [-0.4, -0.2) is 22.1 Å². The van der Waals surface area contributed by atoms with Crippen molar-refractivity contribution in [1.29, 1.82) is 0 Å². The Bertz CT molecular complexity index is 763. The van der Waals surface area contributed by atoms with E-state index in [9.17, 15) is 4.79 Å². The van der Waals surface area contributed by atoms with Crippen LogP contribution in [0.4, 0.5) is 5.69 Å². The molecule has 0 spiro atoms. The van der Waals surface area contributed by atoms with Gasteiger partial charge in [0.25, 0.3) is 5.91 Å². The van der Waals surface area contributed by atoms with Crippen molar-refractivity contribution in [2.75, 3.05) is 5.32 Å². The molecule has 1 aromatic heterocycles. The number of aryl methyl sites for hydroxylation is 1. The fourth-order valence-electron chi connectivity index (χ4n) is 3.50. The third-order valence-electron chi connectivity index (χ3n) is 4.96. The Labute approximate surface area is 161 Å². The molecule has 0 atom stereocenters. The lowest BCUT2D eigenvalue weighted by Crippen LogP contribution is -2.36. The lowest BCUT2D eigenvalue weighted by Gasteiger charge is -2.23. The van der Waals surface area contributed by atoms with Gasteiger partial charge in [-0.1, -0.05) is 38.3 Å². The molecule has 1 aliphatic carbocycles. The lowest BCUT2D eigenvalue weighted by molar-refractivity contribution is 0.0927. The van der Waals surface area contributed by atoms with Gasteiger partial charge in [-0.25, -0.2) is 0 Å². The Morgan fingerprint density at radius 2 is 2.04 bits per heavy atom. The number of carbonyl (C=O) groups excluding carboxylic acids is 1. The summed E-state index contributed by atoms with van der Waals surface area (Å²) in [6.07, 6.45) is 6.70. The molecule has 6 nitrogen and oxygen atoms in total. The van der Waals surface area contributed by atoms with E-state index in [-0.39, 0.29) is 5.91 Å². The minimum absolute atomic E-state index is 0.0202. The molecule has 2 N–H and O–H groups in total. The van der Waals surface area contributed by atoms with Gasteiger partial charge in [-0.3, -0.25) is 4.79 Å². The number of nitrogens with zero attached hydrogens (tertiary/aromatic N) is 2. The van der Waals surface area contributed by atoms with Gasteiger partial charge in [0.15, 0.2) is 5.82 Å². The number of aromatic nitrogens is 2. The summed E-state index contributed by atoms with van der Waals surface area (Å²) < 4.78 is 5.29. The standard InChI is InChI=1S/C21H30N4O2/c1-14(2)11-19-24-20(27-25-19)13-22-18-10-9-16(12-15(18)3)21(26)23-17-7-5-4-6-8-17/h9-10,12,14,17,22H,4-8,11,13H2,1-3H3,(H,23,26). The maximum Gasteiger partial charge on any atom is 0.251 e. The van der Waals surface area contributed by atoms with E-state index in [0.29, 0.717) is 30.0 Å².